The van der Waals surface area contributed by atoms with Crippen molar-refractivity contribution in [3.63, 3.8) is 0 Å². The first-order valence-corrected chi connectivity index (χ1v) is 5.55. The van der Waals surface area contributed by atoms with Gasteiger partial charge in [-0.05, 0) is 6.07 Å². The third-order valence-corrected chi connectivity index (χ3v) is 2.70. The number of halogens is 2. The number of hydrogen-bond acceptors (Lipinski definition) is 5. The van der Waals surface area contributed by atoms with Gasteiger partial charge >= 0.3 is 5.69 Å². The minimum absolute atomic E-state index is 0.272. The largest absolute Gasteiger partial charge is 0.320 e. The Kier molecular flexibility index (Phi) is 3.61. The molecule has 0 unspecified atom stereocenters. The van der Waals surface area contributed by atoms with Crippen LogP contribution in [0.1, 0.15) is 10.4 Å². The number of nitro groups is 1. The zero-order valence-electron chi connectivity index (χ0n) is 10.3. The normalized spacial score (nSPS) is 14.9. The number of hydrogen-bond donors (Lipinski definition) is 1. The summed E-state index contributed by atoms with van der Waals surface area (Å²) in [4.78, 5) is 44.3. The molecule has 0 aliphatic carbocycles. The maximum absolute atomic E-state index is 13.7. The number of piperazine rings is 1. The predicted octanol–water partition coefficient (Wildman–Crippen LogP) is -0.0284. The summed E-state index contributed by atoms with van der Waals surface area (Å²) < 4.78 is 27.1. The van der Waals surface area contributed by atoms with E-state index in [9.17, 15) is 33.3 Å². The predicted molar refractivity (Wildman–Crippen MR) is 62.1 cm³/mol. The van der Waals surface area contributed by atoms with E-state index < -0.39 is 58.6 Å². The van der Waals surface area contributed by atoms with Crippen molar-refractivity contribution in [3.8, 4) is 0 Å². The van der Waals surface area contributed by atoms with Gasteiger partial charge in [-0.1, -0.05) is 0 Å². The van der Waals surface area contributed by atoms with Crippen LogP contribution in [0.2, 0.25) is 0 Å². The number of nitrogens with zero attached hydrogens (tertiary/aromatic N) is 2. The van der Waals surface area contributed by atoms with Gasteiger partial charge in [0, 0.05) is 0 Å². The number of amides is 3. The van der Waals surface area contributed by atoms with Crippen LogP contribution in [0, 0.1) is 21.7 Å². The molecule has 1 aliphatic rings. The lowest BCUT2D eigenvalue weighted by atomic mass is 10.1. The number of carbonyl (C=O) groups is 3. The highest BCUT2D eigenvalue weighted by molar-refractivity contribution is 6.05. The van der Waals surface area contributed by atoms with Crippen molar-refractivity contribution in [2.45, 2.75) is 0 Å². The van der Waals surface area contributed by atoms with Crippen molar-refractivity contribution in [2.75, 3.05) is 13.1 Å². The topological polar surface area (TPSA) is 110 Å². The molecule has 1 N–H and O–H groups in total. The van der Waals surface area contributed by atoms with Gasteiger partial charge in [0.2, 0.25) is 17.6 Å². The highest BCUT2D eigenvalue weighted by atomic mass is 19.1. The second-order valence-electron chi connectivity index (χ2n) is 4.17. The molecule has 8 nitrogen and oxygen atoms in total. The molecule has 0 saturated carbocycles. The maximum Gasteiger partial charge on any atom is 0.307 e. The van der Waals surface area contributed by atoms with Crippen molar-refractivity contribution in [1.29, 1.82) is 0 Å². The van der Waals surface area contributed by atoms with E-state index in [1.807, 2.05) is 5.32 Å². The minimum Gasteiger partial charge on any atom is -0.320 e. The first-order valence-electron chi connectivity index (χ1n) is 5.55. The lowest BCUT2D eigenvalue weighted by Crippen LogP contribution is -2.53. The van der Waals surface area contributed by atoms with Crippen LogP contribution < -0.4 is 5.32 Å². The lowest BCUT2D eigenvalue weighted by molar-refractivity contribution is -0.387. The van der Waals surface area contributed by atoms with Crippen molar-refractivity contribution in [2.24, 2.45) is 0 Å². The van der Waals surface area contributed by atoms with Gasteiger partial charge in [0.25, 0.3) is 5.91 Å². The quantitative estimate of drug-likeness (QED) is 0.468. The van der Waals surface area contributed by atoms with E-state index in [1.54, 1.807) is 0 Å². The van der Waals surface area contributed by atoms with Gasteiger partial charge in [0.05, 0.1) is 16.6 Å². The van der Waals surface area contributed by atoms with Crippen LogP contribution in [0.4, 0.5) is 14.5 Å². The van der Waals surface area contributed by atoms with E-state index in [2.05, 4.69) is 0 Å². The van der Waals surface area contributed by atoms with Crippen molar-refractivity contribution >= 4 is 23.4 Å². The Morgan fingerprint density at radius 1 is 1.19 bits per heavy atom. The second kappa shape index (κ2) is 5.23. The summed E-state index contributed by atoms with van der Waals surface area (Å²) in [5.41, 5.74) is -1.91. The van der Waals surface area contributed by atoms with E-state index in [0.29, 0.717) is 11.0 Å². The molecule has 0 bridgehead atoms. The fourth-order valence-corrected chi connectivity index (χ4v) is 1.79. The van der Waals surface area contributed by atoms with Gasteiger partial charge < -0.3 is 4.90 Å². The maximum atomic E-state index is 13.7. The highest BCUT2D eigenvalue weighted by Gasteiger charge is 2.30. The Morgan fingerprint density at radius 2 is 1.76 bits per heavy atom. The molecule has 1 fully saturated rings. The molecule has 1 saturated heterocycles. The molecule has 0 spiro atoms. The monoisotopic (exact) mass is 299 g/mol. The Labute approximate surface area is 115 Å². The number of nitro benzene ring substituents is 1. The number of imide groups is 1. The number of benzene rings is 1. The van der Waals surface area contributed by atoms with Crippen LogP contribution in [0.3, 0.4) is 0 Å². The fraction of sp³-hybridized carbons (Fsp3) is 0.182. The third-order valence-electron chi connectivity index (χ3n) is 2.70. The highest BCUT2D eigenvalue weighted by Crippen LogP contribution is 2.22. The van der Waals surface area contributed by atoms with Gasteiger partial charge in [0.1, 0.15) is 18.9 Å². The second-order valence-corrected chi connectivity index (χ2v) is 4.17. The molecule has 0 aromatic heterocycles. The average molecular weight is 299 g/mol. The summed E-state index contributed by atoms with van der Waals surface area (Å²) in [6, 6.07) is 0.640. The SMILES string of the molecule is O=C1CN(C(=O)c2cc(F)c([N+](=O)[O-])cc2F)CC(=O)N1. The van der Waals surface area contributed by atoms with Crippen LogP contribution in [0.25, 0.3) is 0 Å². The molecule has 1 heterocycles. The molecule has 21 heavy (non-hydrogen) atoms. The molecule has 1 aromatic rings. The first-order chi connectivity index (χ1) is 9.79. The zero-order valence-corrected chi connectivity index (χ0v) is 10.3. The molecular weight excluding hydrogens is 292 g/mol. The molecule has 1 aliphatic heterocycles. The Hall–Kier alpha value is -2.91. The lowest BCUT2D eigenvalue weighted by Gasteiger charge is -2.25. The van der Waals surface area contributed by atoms with Crippen molar-refractivity contribution in [3.05, 3.63) is 39.4 Å². The molecule has 3 amide bonds. The fourth-order valence-electron chi connectivity index (χ4n) is 1.79. The summed E-state index contributed by atoms with van der Waals surface area (Å²) in [6.07, 6.45) is 0. The van der Waals surface area contributed by atoms with Gasteiger partial charge in [-0.25, -0.2) is 4.39 Å². The molecule has 1 aromatic carbocycles. The third kappa shape index (κ3) is 2.83. The standard InChI is InChI=1S/C11H7F2N3O5/c12-6-2-8(16(20)21)7(13)1-5(6)11(19)15-3-9(17)14-10(18)4-15/h1-2H,3-4H2,(H,14,17,18). The van der Waals surface area contributed by atoms with Crippen LogP contribution in [-0.2, 0) is 9.59 Å². The Balaban J connectivity index is 2.35. The molecule has 10 heteroatoms. The molecule has 0 radical (unpaired) electrons. The minimum atomic E-state index is -1.39. The molecule has 110 valence electrons. The molecular formula is C11H7F2N3O5. The van der Waals surface area contributed by atoms with E-state index in [4.69, 9.17) is 0 Å². The van der Waals surface area contributed by atoms with Gasteiger partial charge in [-0.2, -0.15) is 4.39 Å². The van der Waals surface area contributed by atoms with Crippen LogP contribution in [0.15, 0.2) is 12.1 Å². The van der Waals surface area contributed by atoms with Crippen LogP contribution in [0.5, 0.6) is 0 Å². The van der Waals surface area contributed by atoms with Gasteiger partial charge in [-0.3, -0.25) is 29.8 Å². The summed E-state index contributed by atoms with van der Waals surface area (Å²) in [6.45, 7) is -0.995. The summed E-state index contributed by atoms with van der Waals surface area (Å²) in [5, 5.41) is 12.4. The summed E-state index contributed by atoms with van der Waals surface area (Å²) >= 11 is 0. The smallest absolute Gasteiger partial charge is 0.307 e. The van der Waals surface area contributed by atoms with E-state index in [0.717, 1.165) is 0 Å². The van der Waals surface area contributed by atoms with Crippen molar-refractivity contribution < 1.29 is 28.1 Å². The zero-order chi connectivity index (χ0) is 15.7. The number of carbonyl (C=O) groups excluding carboxylic acids is 3. The van der Waals surface area contributed by atoms with Gasteiger partial charge in [-0.15, -0.1) is 0 Å². The Morgan fingerprint density at radius 3 is 2.29 bits per heavy atom. The van der Waals surface area contributed by atoms with E-state index in [-0.39, 0.29) is 6.07 Å². The van der Waals surface area contributed by atoms with Crippen LogP contribution >= 0.6 is 0 Å². The first kappa shape index (κ1) is 14.5. The van der Waals surface area contributed by atoms with E-state index >= 15 is 0 Å². The van der Waals surface area contributed by atoms with Crippen LogP contribution in [-0.4, -0.2) is 40.6 Å². The number of nitrogens with one attached hydrogen (secondary N) is 1. The van der Waals surface area contributed by atoms with Crippen molar-refractivity contribution in [1.82, 2.24) is 10.2 Å². The van der Waals surface area contributed by atoms with Gasteiger partial charge in [0.15, 0.2) is 0 Å². The average Bonchev–Trinajstić information content (AvgIpc) is 2.38. The summed E-state index contributed by atoms with van der Waals surface area (Å²) in [7, 11) is 0. The number of rotatable bonds is 2. The van der Waals surface area contributed by atoms with E-state index in [1.165, 1.54) is 0 Å². The molecule has 2 rings (SSSR count). The Bertz CT molecular complexity index is 660. The molecule has 0 atom stereocenters. The summed E-state index contributed by atoms with van der Waals surface area (Å²) in [5.74, 6) is -5.33.